The zero-order valence-electron chi connectivity index (χ0n) is 12.8. The molecule has 0 atom stereocenters. The Bertz CT molecular complexity index is 1200. The molecule has 114 valence electrons. The van der Waals surface area contributed by atoms with Gasteiger partial charge in [-0.15, -0.1) is 0 Å². The Hall–Kier alpha value is -2.58. The largest absolute Gasteiger partial charge is 0.456 e. The van der Waals surface area contributed by atoms with Crippen LogP contribution in [-0.4, -0.2) is 0 Å². The first-order valence-electron chi connectivity index (χ1n) is 7.89. The maximum Gasteiger partial charge on any atom is 0.136 e. The van der Waals surface area contributed by atoms with Crippen LogP contribution in [0.25, 0.3) is 43.8 Å². The number of furan rings is 1. The molecule has 0 bridgehead atoms. The van der Waals surface area contributed by atoms with Gasteiger partial charge >= 0.3 is 0 Å². The molecule has 0 aliphatic carbocycles. The van der Waals surface area contributed by atoms with Crippen molar-refractivity contribution in [3.8, 4) is 11.1 Å². The summed E-state index contributed by atoms with van der Waals surface area (Å²) in [4.78, 5) is 0. The Balaban J connectivity index is 1.80. The van der Waals surface area contributed by atoms with Crippen LogP contribution in [0, 0.1) is 0 Å². The summed E-state index contributed by atoms with van der Waals surface area (Å²) >= 11 is 3.49. The van der Waals surface area contributed by atoms with Gasteiger partial charge in [-0.3, -0.25) is 0 Å². The van der Waals surface area contributed by atoms with Crippen LogP contribution in [-0.2, 0) is 0 Å². The lowest BCUT2D eigenvalue weighted by atomic mass is 10.0. The van der Waals surface area contributed by atoms with Crippen LogP contribution in [0.4, 0.5) is 0 Å². The van der Waals surface area contributed by atoms with Gasteiger partial charge in [0.1, 0.15) is 11.2 Å². The second-order valence-corrected chi connectivity index (χ2v) is 6.90. The zero-order valence-corrected chi connectivity index (χ0v) is 14.4. The molecule has 1 aromatic heterocycles. The summed E-state index contributed by atoms with van der Waals surface area (Å²) in [6.45, 7) is 0. The molecule has 0 saturated heterocycles. The molecule has 0 unspecified atom stereocenters. The second-order valence-electron chi connectivity index (χ2n) is 5.98. The minimum atomic E-state index is 0.932. The summed E-state index contributed by atoms with van der Waals surface area (Å²) in [5, 5.41) is 4.85. The third kappa shape index (κ3) is 2.07. The average molecular weight is 373 g/mol. The van der Waals surface area contributed by atoms with Crippen molar-refractivity contribution in [1.29, 1.82) is 0 Å². The van der Waals surface area contributed by atoms with Crippen LogP contribution in [0.1, 0.15) is 0 Å². The third-order valence-electron chi connectivity index (χ3n) is 4.54. The SMILES string of the molecule is Brc1ccc(-c2ccc3c(c2)oc2ccc4ccccc4c23)cc1. The molecule has 0 N–H and O–H groups in total. The number of benzene rings is 4. The lowest BCUT2D eigenvalue weighted by Crippen LogP contribution is -1.77. The summed E-state index contributed by atoms with van der Waals surface area (Å²) in [6.07, 6.45) is 0. The standard InChI is InChI=1S/C22H13BrO/c23-17-9-5-14(6-10-17)16-7-11-19-21(13-16)24-20-12-8-15-3-1-2-4-18(15)22(19)20/h1-13H. The van der Waals surface area contributed by atoms with E-state index < -0.39 is 0 Å². The molecule has 0 aliphatic rings. The molecular weight excluding hydrogens is 360 g/mol. The fourth-order valence-corrected chi connectivity index (χ4v) is 3.63. The molecular formula is C22H13BrO. The van der Waals surface area contributed by atoms with Crippen LogP contribution in [0.15, 0.2) is 87.8 Å². The number of hydrogen-bond acceptors (Lipinski definition) is 1. The summed E-state index contributed by atoms with van der Waals surface area (Å²) in [6, 6.07) is 27.5. The Morgan fingerprint density at radius 1 is 0.625 bits per heavy atom. The number of hydrogen-bond donors (Lipinski definition) is 0. The molecule has 24 heavy (non-hydrogen) atoms. The Kier molecular flexibility index (Phi) is 3.00. The number of halogens is 1. The molecule has 0 radical (unpaired) electrons. The van der Waals surface area contributed by atoms with Crippen molar-refractivity contribution in [1.82, 2.24) is 0 Å². The van der Waals surface area contributed by atoms with Crippen LogP contribution < -0.4 is 0 Å². The van der Waals surface area contributed by atoms with E-state index in [1.165, 1.54) is 32.7 Å². The highest BCUT2D eigenvalue weighted by molar-refractivity contribution is 9.10. The van der Waals surface area contributed by atoms with Gasteiger partial charge in [0, 0.05) is 15.2 Å². The first-order chi connectivity index (χ1) is 11.8. The smallest absolute Gasteiger partial charge is 0.136 e. The molecule has 0 spiro atoms. The maximum atomic E-state index is 6.14. The molecule has 0 aliphatic heterocycles. The van der Waals surface area contributed by atoms with E-state index >= 15 is 0 Å². The van der Waals surface area contributed by atoms with Crippen LogP contribution in [0.2, 0.25) is 0 Å². The summed E-state index contributed by atoms with van der Waals surface area (Å²) < 4.78 is 7.22. The minimum absolute atomic E-state index is 0.932. The van der Waals surface area contributed by atoms with Gasteiger partial charge in [-0.1, -0.05) is 64.5 Å². The van der Waals surface area contributed by atoms with E-state index in [1.807, 2.05) is 0 Å². The minimum Gasteiger partial charge on any atom is -0.456 e. The number of fused-ring (bicyclic) bond motifs is 5. The number of rotatable bonds is 1. The quantitative estimate of drug-likeness (QED) is 0.304. The normalized spacial score (nSPS) is 11.5. The van der Waals surface area contributed by atoms with Gasteiger partial charge < -0.3 is 4.42 Å². The molecule has 1 nitrogen and oxygen atoms in total. The molecule has 5 aromatic rings. The Labute approximate surface area is 147 Å². The fraction of sp³-hybridized carbons (Fsp3) is 0. The molecule has 2 heteroatoms. The second kappa shape index (κ2) is 5.22. The fourth-order valence-electron chi connectivity index (χ4n) is 3.37. The van der Waals surface area contributed by atoms with E-state index in [1.54, 1.807) is 0 Å². The molecule has 0 fully saturated rings. The predicted molar refractivity (Wildman–Crippen MR) is 104 cm³/mol. The van der Waals surface area contributed by atoms with Crippen molar-refractivity contribution in [3.63, 3.8) is 0 Å². The molecule has 1 heterocycles. The van der Waals surface area contributed by atoms with E-state index in [0.717, 1.165) is 15.6 Å². The third-order valence-corrected chi connectivity index (χ3v) is 5.07. The van der Waals surface area contributed by atoms with Gasteiger partial charge in [0.2, 0.25) is 0 Å². The van der Waals surface area contributed by atoms with Gasteiger partial charge in [-0.05, 0) is 52.2 Å². The highest BCUT2D eigenvalue weighted by Crippen LogP contribution is 2.36. The molecule has 0 saturated carbocycles. The van der Waals surface area contributed by atoms with Gasteiger partial charge in [0.25, 0.3) is 0 Å². The summed E-state index contributed by atoms with van der Waals surface area (Å²) in [5.41, 5.74) is 4.22. The van der Waals surface area contributed by atoms with Crippen molar-refractivity contribution in [2.24, 2.45) is 0 Å². The zero-order chi connectivity index (χ0) is 16.1. The van der Waals surface area contributed by atoms with E-state index in [4.69, 9.17) is 4.42 Å². The highest BCUT2D eigenvalue weighted by Gasteiger charge is 2.11. The van der Waals surface area contributed by atoms with Crippen LogP contribution >= 0.6 is 15.9 Å². The lowest BCUT2D eigenvalue weighted by molar-refractivity contribution is 0.669. The van der Waals surface area contributed by atoms with Gasteiger partial charge in [-0.25, -0.2) is 0 Å². The Morgan fingerprint density at radius 3 is 2.29 bits per heavy atom. The Morgan fingerprint density at radius 2 is 1.42 bits per heavy atom. The topological polar surface area (TPSA) is 13.1 Å². The maximum absolute atomic E-state index is 6.14. The van der Waals surface area contributed by atoms with Gasteiger partial charge in [0.05, 0.1) is 0 Å². The van der Waals surface area contributed by atoms with Crippen LogP contribution in [0.3, 0.4) is 0 Å². The molecule has 0 amide bonds. The first-order valence-corrected chi connectivity index (χ1v) is 8.69. The molecule has 4 aromatic carbocycles. The van der Waals surface area contributed by atoms with Crippen molar-refractivity contribution in [2.45, 2.75) is 0 Å². The van der Waals surface area contributed by atoms with Gasteiger partial charge in [0.15, 0.2) is 0 Å². The van der Waals surface area contributed by atoms with Crippen molar-refractivity contribution in [2.75, 3.05) is 0 Å². The summed E-state index contributed by atoms with van der Waals surface area (Å²) in [7, 11) is 0. The highest BCUT2D eigenvalue weighted by atomic mass is 79.9. The predicted octanol–water partition coefficient (Wildman–Crippen LogP) is 7.17. The van der Waals surface area contributed by atoms with E-state index in [9.17, 15) is 0 Å². The van der Waals surface area contributed by atoms with Crippen LogP contribution in [0.5, 0.6) is 0 Å². The summed E-state index contributed by atoms with van der Waals surface area (Å²) in [5.74, 6) is 0. The van der Waals surface area contributed by atoms with Crippen molar-refractivity contribution in [3.05, 3.63) is 83.3 Å². The first kappa shape index (κ1) is 13.8. The van der Waals surface area contributed by atoms with Crippen molar-refractivity contribution < 1.29 is 4.42 Å². The van der Waals surface area contributed by atoms with Gasteiger partial charge in [-0.2, -0.15) is 0 Å². The van der Waals surface area contributed by atoms with E-state index in [-0.39, 0.29) is 0 Å². The monoisotopic (exact) mass is 372 g/mol. The average Bonchev–Trinajstić information content (AvgIpc) is 3.00. The lowest BCUT2D eigenvalue weighted by Gasteiger charge is -2.02. The molecule has 5 rings (SSSR count). The van der Waals surface area contributed by atoms with E-state index in [2.05, 4.69) is 94.8 Å². The van der Waals surface area contributed by atoms with Crippen molar-refractivity contribution >= 4 is 48.6 Å². The van der Waals surface area contributed by atoms with E-state index in [0.29, 0.717) is 0 Å².